The van der Waals surface area contributed by atoms with Crippen LogP contribution in [0.5, 0.6) is 0 Å². The lowest BCUT2D eigenvalue weighted by Gasteiger charge is -2.37. The summed E-state index contributed by atoms with van der Waals surface area (Å²) in [6, 6.07) is 11.6. The average molecular weight is 435 g/mol. The molecule has 1 aromatic carbocycles. The minimum Gasteiger partial charge on any atom is -0.354 e. The van der Waals surface area contributed by atoms with E-state index in [1.165, 1.54) is 5.56 Å². The molecule has 0 aliphatic carbocycles. The van der Waals surface area contributed by atoms with Gasteiger partial charge in [0.2, 0.25) is 5.91 Å². The summed E-state index contributed by atoms with van der Waals surface area (Å²) in [5.74, 6) is 1.25. The molecule has 4 heterocycles. The third kappa shape index (κ3) is 4.00. The average Bonchev–Trinajstić information content (AvgIpc) is 3.14. The van der Waals surface area contributed by atoms with E-state index in [-0.39, 0.29) is 24.2 Å². The summed E-state index contributed by atoms with van der Waals surface area (Å²) in [6.07, 6.45) is 2.87. The van der Waals surface area contributed by atoms with E-state index < -0.39 is 0 Å². The molecule has 7 heteroatoms. The number of nitrogens with zero attached hydrogens (tertiary/aromatic N) is 3. The van der Waals surface area contributed by atoms with Gasteiger partial charge in [0.1, 0.15) is 12.0 Å². The molecule has 2 aromatic rings. The molecule has 3 fully saturated rings. The Labute approximate surface area is 190 Å². The molecule has 7 nitrogen and oxygen atoms in total. The lowest BCUT2D eigenvalue weighted by molar-refractivity contribution is -0.130. The zero-order chi connectivity index (χ0) is 22.4. The van der Waals surface area contributed by atoms with Gasteiger partial charge in [0.05, 0.1) is 12.1 Å². The maximum Gasteiger partial charge on any atom is 0.227 e. The van der Waals surface area contributed by atoms with Gasteiger partial charge in [-0.3, -0.25) is 15.0 Å². The van der Waals surface area contributed by atoms with Gasteiger partial charge in [-0.15, -0.1) is 0 Å². The number of benzene rings is 1. The van der Waals surface area contributed by atoms with Gasteiger partial charge >= 0.3 is 0 Å². The number of amides is 1. The van der Waals surface area contributed by atoms with Gasteiger partial charge in [0, 0.05) is 43.5 Å². The third-order valence-electron chi connectivity index (χ3n) is 7.14. The van der Waals surface area contributed by atoms with Crippen LogP contribution in [0.25, 0.3) is 11.1 Å². The quantitative estimate of drug-likeness (QED) is 0.688. The first-order valence-corrected chi connectivity index (χ1v) is 11.7. The molecule has 0 radical (unpaired) electrons. The molecule has 1 aromatic heterocycles. The number of aryl methyl sites for hydroxylation is 1. The Balaban J connectivity index is 1.32. The highest BCUT2D eigenvalue weighted by molar-refractivity contribution is 5.81. The van der Waals surface area contributed by atoms with Crippen molar-refractivity contribution in [2.24, 2.45) is 5.92 Å². The fourth-order valence-electron chi connectivity index (χ4n) is 5.49. The van der Waals surface area contributed by atoms with E-state index in [0.29, 0.717) is 12.1 Å². The predicted molar refractivity (Wildman–Crippen MR) is 127 cm³/mol. The zero-order valence-corrected chi connectivity index (χ0v) is 19.4. The minimum absolute atomic E-state index is 0.0458. The van der Waals surface area contributed by atoms with Crippen LogP contribution in [0.1, 0.15) is 37.6 Å². The highest BCUT2D eigenvalue weighted by Crippen LogP contribution is 2.30. The van der Waals surface area contributed by atoms with Crippen LogP contribution >= 0.6 is 0 Å². The molecule has 3 N–H and O–H groups in total. The summed E-state index contributed by atoms with van der Waals surface area (Å²) in [4.78, 5) is 22.0. The second kappa shape index (κ2) is 8.46. The van der Waals surface area contributed by atoms with E-state index in [1.54, 1.807) is 0 Å². The van der Waals surface area contributed by atoms with E-state index >= 15 is 0 Å². The first kappa shape index (κ1) is 21.4. The Morgan fingerprint density at radius 2 is 1.78 bits per heavy atom. The number of nitrogens with one attached hydrogen (secondary N) is 3. The van der Waals surface area contributed by atoms with Crippen molar-refractivity contribution in [3.8, 4) is 11.1 Å². The minimum atomic E-state index is -0.156. The number of piperazine rings is 1. The Bertz CT molecular complexity index is 982. The molecule has 3 aliphatic heterocycles. The second-order valence-corrected chi connectivity index (χ2v) is 9.78. The Morgan fingerprint density at radius 1 is 1.06 bits per heavy atom. The van der Waals surface area contributed by atoms with Gasteiger partial charge in [-0.05, 0) is 57.0 Å². The number of pyridine rings is 1. The predicted octanol–water partition coefficient (Wildman–Crippen LogP) is 2.24. The largest absolute Gasteiger partial charge is 0.354 e. The smallest absolute Gasteiger partial charge is 0.227 e. The van der Waals surface area contributed by atoms with E-state index in [0.717, 1.165) is 48.6 Å². The Hall–Kier alpha value is -2.48. The van der Waals surface area contributed by atoms with E-state index in [1.807, 2.05) is 6.20 Å². The number of rotatable bonds is 3. The van der Waals surface area contributed by atoms with Crippen LogP contribution < -0.4 is 20.9 Å². The molecule has 0 spiro atoms. The Kier molecular flexibility index (Phi) is 5.65. The second-order valence-electron chi connectivity index (χ2n) is 9.78. The number of hydrogen-bond donors (Lipinski definition) is 3. The SMILES string of the molecule is Cc1cc(N2CC(C)NC(C)C2)ncc1-c1ccc(C2NC(=O)C3CCN(C)C3N2)cc1. The number of likely N-dealkylation sites (tertiary alicyclic amines) is 1. The van der Waals surface area contributed by atoms with Gasteiger partial charge in [-0.25, -0.2) is 4.98 Å². The van der Waals surface area contributed by atoms with Gasteiger partial charge in [-0.1, -0.05) is 24.3 Å². The van der Waals surface area contributed by atoms with Crippen LogP contribution in [0.15, 0.2) is 36.5 Å². The number of carbonyl (C=O) groups is 1. The van der Waals surface area contributed by atoms with Gasteiger partial charge in [0.15, 0.2) is 0 Å². The summed E-state index contributed by atoms with van der Waals surface area (Å²) in [5, 5.41) is 10.3. The van der Waals surface area contributed by atoms with Crippen molar-refractivity contribution in [1.82, 2.24) is 25.8 Å². The van der Waals surface area contributed by atoms with Crippen molar-refractivity contribution < 1.29 is 4.79 Å². The van der Waals surface area contributed by atoms with Crippen LogP contribution in [0, 0.1) is 12.8 Å². The van der Waals surface area contributed by atoms with Crippen LogP contribution in [0.3, 0.4) is 0 Å². The maximum absolute atomic E-state index is 12.5. The van der Waals surface area contributed by atoms with Crippen molar-refractivity contribution in [3.63, 3.8) is 0 Å². The summed E-state index contributed by atoms with van der Waals surface area (Å²) in [5.41, 5.74) is 4.59. The van der Waals surface area contributed by atoms with Crippen LogP contribution in [-0.4, -0.2) is 60.7 Å². The van der Waals surface area contributed by atoms with Crippen molar-refractivity contribution in [2.45, 2.75) is 51.6 Å². The van der Waals surface area contributed by atoms with Crippen molar-refractivity contribution >= 4 is 11.7 Å². The molecule has 170 valence electrons. The van der Waals surface area contributed by atoms with Crippen LogP contribution in [0.4, 0.5) is 5.82 Å². The first-order chi connectivity index (χ1) is 15.4. The molecule has 0 saturated carbocycles. The zero-order valence-electron chi connectivity index (χ0n) is 19.4. The number of carbonyl (C=O) groups excluding carboxylic acids is 1. The fraction of sp³-hybridized carbons (Fsp3) is 0.520. The van der Waals surface area contributed by atoms with E-state index in [4.69, 9.17) is 4.98 Å². The molecule has 1 amide bonds. The first-order valence-electron chi connectivity index (χ1n) is 11.7. The lowest BCUT2D eigenvalue weighted by Crippen LogP contribution is -2.58. The van der Waals surface area contributed by atoms with E-state index in [9.17, 15) is 4.79 Å². The van der Waals surface area contributed by atoms with Crippen LogP contribution in [-0.2, 0) is 4.79 Å². The third-order valence-corrected chi connectivity index (χ3v) is 7.14. The monoisotopic (exact) mass is 434 g/mol. The molecular weight excluding hydrogens is 400 g/mol. The standard InChI is InChI=1S/C25H34N6O/c1-15-11-22(31-13-16(2)27-17(3)14-31)26-12-21(15)18-5-7-19(8-6-18)23-28-24-20(25(32)29-23)9-10-30(24)4/h5-8,11-12,16-17,20,23-24,27-28H,9-10,13-14H2,1-4H3,(H,29,32). The lowest BCUT2D eigenvalue weighted by atomic mass is 9.97. The number of fused-ring (bicyclic) bond motifs is 1. The number of hydrogen-bond acceptors (Lipinski definition) is 6. The normalized spacial score (nSPS) is 30.8. The Morgan fingerprint density at radius 3 is 2.47 bits per heavy atom. The van der Waals surface area contributed by atoms with Crippen molar-refractivity contribution in [3.05, 3.63) is 47.7 Å². The van der Waals surface area contributed by atoms with Gasteiger partial charge in [0.25, 0.3) is 0 Å². The van der Waals surface area contributed by atoms with Gasteiger partial charge < -0.3 is 15.5 Å². The highest BCUT2D eigenvalue weighted by Gasteiger charge is 2.42. The summed E-state index contributed by atoms with van der Waals surface area (Å²) in [7, 11) is 2.08. The summed E-state index contributed by atoms with van der Waals surface area (Å²) < 4.78 is 0. The molecule has 3 aliphatic rings. The van der Waals surface area contributed by atoms with Crippen molar-refractivity contribution in [1.29, 1.82) is 0 Å². The number of anilines is 1. The topological polar surface area (TPSA) is 72.5 Å². The molecule has 5 rings (SSSR count). The fourth-order valence-corrected chi connectivity index (χ4v) is 5.49. The summed E-state index contributed by atoms with van der Waals surface area (Å²) in [6.45, 7) is 9.50. The number of aromatic nitrogens is 1. The van der Waals surface area contributed by atoms with Gasteiger partial charge in [-0.2, -0.15) is 0 Å². The molecule has 5 atom stereocenters. The van der Waals surface area contributed by atoms with E-state index in [2.05, 4.69) is 83.9 Å². The molecular formula is C25H34N6O. The molecule has 5 unspecified atom stereocenters. The molecule has 3 saturated heterocycles. The molecule has 32 heavy (non-hydrogen) atoms. The van der Waals surface area contributed by atoms with Crippen molar-refractivity contribution in [2.75, 3.05) is 31.6 Å². The maximum atomic E-state index is 12.5. The highest BCUT2D eigenvalue weighted by atomic mass is 16.2. The molecule has 0 bridgehead atoms. The van der Waals surface area contributed by atoms with Crippen LogP contribution in [0.2, 0.25) is 0 Å². The summed E-state index contributed by atoms with van der Waals surface area (Å²) >= 11 is 0.